The van der Waals surface area contributed by atoms with Gasteiger partial charge in [-0.05, 0) is 12.1 Å². The van der Waals surface area contributed by atoms with Crippen LogP contribution in [0.2, 0.25) is 0 Å². The maximum Gasteiger partial charge on any atom is 0.319 e. The molecule has 2 aromatic carbocycles. The summed E-state index contributed by atoms with van der Waals surface area (Å²) in [6.07, 6.45) is 0. The number of para-hydroxylation sites is 1. The molecule has 1 saturated heterocycles. The van der Waals surface area contributed by atoms with Gasteiger partial charge in [-0.1, -0.05) is 18.2 Å². The summed E-state index contributed by atoms with van der Waals surface area (Å²) in [6.45, 7) is 5.19. The van der Waals surface area contributed by atoms with Crippen molar-refractivity contribution in [3.8, 4) is 11.5 Å². The Bertz CT molecular complexity index is 739. The van der Waals surface area contributed by atoms with Crippen LogP contribution in [0.5, 0.6) is 11.5 Å². The van der Waals surface area contributed by atoms with Gasteiger partial charge >= 0.3 is 6.03 Å². The second-order valence-electron chi connectivity index (χ2n) is 6.65. The summed E-state index contributed by atoms with van der Waals surface area (Å²) in [5.41, 5.74) is 1.90. The number of methoxy groups -OCH3 is 2. The predicted octanol–water partition coefficient (Wildman–Crippen LogP) is 2.65. The van der Waals surface area contributed by atoms with E-state index in [4.69, 9.17) is 9.47 Å². The Balaban J connectivity index is 1.41. The van der Waals surface area contributed by atoms with Crippen molar-refractivity contribution in [3.05, 3.63) is 48.5 Å². The molecule has 7 nitrogen and oxygen atoms in total. The minimum absolute atomic E-state index is 0.173. The lowest BCUT2D eigenvalue weighted by Crippen LogP contribution is -2.48. The van der Waals surface area contributed by atoms with Gasteiger partial charge in [-0.25, -0.2) is 4.79 Å². The first-order valence-electron chi connectivity index (χ1n) is 9.48. The van der Waals surface area contributed by atoms with Gasteiger partial charge in [-0.15, -0.1) is 0 Å². The molecule has 0 atom stereocenters. The van der Waals surface area contributed by atoms with Gasteiger partial charge in [0.1, 0.15) is 11.5 Å². The van der Waals surface area contributed by atoms with E-state index in [-0.39, 0.29) is 6.03 Å². The van der Waals surface area contributed by atoms with E-state index in [2.05, 4.69) is 20.4 Å². The first kappa shape index (κ1) is 19.8. The van der Waals surface area contributed by atoms with Crippen molar-refractivity contribution in [2.45, 2.75) is 0 Å². The van der Waals surface area contributed by atoms with Gasteiger partial charge < -0.3 is 25.0 Å². The molecular weight excluding hydrogens is 356 g/mol. The molecule has 0 bridgehead atoms. The largest absolute Gasteiger partial charge is 0.497 e. The molecule has 2 amide bonds. The Morgan fingerprint density at radius 2 is 1.61 bits per heavy atom. The zero-order chi connectivity index (χ0) is 19.8. The maximum absolute atomic E-state index is 11.9. The number of anilines is 2. The Morgan fingerprint density at radius 1 is 0.964 bits per heavy atom. The van der Waals surface area contributed by atoms with Crippen molar-refractivity contribution in [2.75, 3.05) is 63.7 Å². The molecule has 150 valence electrons. The summed E-state index contributed by atoms with van der Waals surface area (Å²) in [5.74, 6) is 1.59. The lowest BCUT2D eigenvalue weighted by molar-refractivity contribution is 0.240. The lowest BCUT2D eigenvalue weighted by atomic mass is 10.2. The quantitative estimate of drug-likeness (QED) is 0.768. The normalized spacial score (nSPS) is 14.4. The number of carbonyl (C=O) groups excluding carboxylic acids is 1. The molecule has 0 aromatic heterocycles. The number of rotatable bonds is 7. The van der Waals surface area contributed by atoms with Crippen molar-refractivity contribution in [1.29, 1.82) is 0 Å². The molecule has 1 heterocycles. The van der Waals surface area contributed by atoms with Crippen LogP contribution in [0.3, 0.4) is 0 Å². The second-order valence-corrected chi connectivity index (χ2v) is 6.65. The maximum atomic E-state index is 11.9. The zero-order valence-corrected chi connectivity index (χ0v) is 16.5. The number of urea groups is 1. The number of piperazine rings is 1. The van der Waals surface area contributed by atoms with E-state index in [0.29, 0.717) is 6.54 Å². The third kappa shape index (κ3) is 5.53. The fraction of sp³-hybridized carbons (Fsp3) is 0.381. The summed E-state index contributed by atoms with van der Waals surface area (Å²) in [4.78, 5) is 16.6. The van der Waals surface area contributed by atoms with E-state index >= 15 is 0 Å². The highest BCUT2D eigenvalue weighted by Gasteiger charge is 2.18. The molecule has 0 spiro atoms. The van der Waals surface area contributed by atoms with Crippen LogP contribution in [-0.2, 0) is 0 Å². The highest BCUT2D eigenvalue weighted by molar-refractivity contribution is 5.89. The minimum atomic E-state index is -0.173. The SMILES string of the molecule is COc1cc(OC)cc(N2CCN(CCNC(=O)Nc3ccccc3)CC2)c1. The van der Waals surface area contributed by atoms with Gasteiger partial charge in [0, 0.05) is 68.8 Å². The van der Waals surface area contributed by atoms with Crippen LogP contribution < -0.4 is 25.0 Å². The number of nitrogens with zero attached hydrogens (tertiary/aromatic N) is 2. The van der Waals surface area contributed by atoms with Crippen molar-refractivity contribution in [1.82, 2.24) is 10.2 Å². The highest BCUT2D eigenvalue weighted by Crippen LogP contribution is 2.28. The van der Waals surface area contributed by atoms with Crippen molar-refractivity contribution >= 4 is 17.4 Å². The number of benzene rings is 2. The fourth-order valence-electron chi connectivity index (χ4n) is 3.23. The summed E-state index contributed by atoms with van der Waals surface area (Å²) in [7, 11) is 3.33. The van der Waals surface area contributed by atoms with Crippen LogP contribution in [0.4, 0.5) is 16.2 Å². The van der Waals surface area contributed by atoms with Crippen molar-refractivity contribution < 1.29 is 14.3 Å². The molecule has 2 aromatic rings. The first-order chi connectivity index (χ1) is 13.7. The van der Waals surface area contributed by atoms with Crippen LogP contribution in [0, 0.1) is 0 Å². The average Bonchev–Trinajstić information content (AvgIpc) is 2.74. The minimum Gasteiger partial charge on any atom is -0.497 e. The van der Waals surface area contributed by atoms with Gasteiger partial charge in [0.2, 0.25) is 0 Å². The molecule has 1 fully saturated rings. The first-order valence-corrected chi connectivity index (χ1v) is 9.48. The summed E-state index contributed by atoms with van der Waals surface area (Å²) in [6, 6.07) is 15.2. The number of amides is 2. The number of carbonyl (C=O) groups is 1. The van der Waals surface area contributed by atoms with Crippen LogP contribution in [0.25, 0.3) is 0 Å². The Kier molecular flexibility index (Phi) is 6.97. The Hall–Kier alpha value is -2.93. The fourth-order valence-corrected chi connectivity index (χ4v) is 3.23. The van der Waals surface area contributed by atoms with Gasteiger partial charge in [-0.2, -0.15) is 0 Å². The molecule has 1 aliphatic rings. The molecule has 0 aliphatic carbocycles. The third-order valence-corrected chi connectivity index (χ3v) is 4.82. The Morgan fingerprint density at radius 3 is 2.21 bits per heavy atom. The van der Waals surface area contributed by atoms with E-state index < -0.39 is 0 Å². The molecule has 2 N–H and O–H groups in total. The lowest BCUT2D eigenvalue weighted by Gasteiger charge is -2.36. The van der Waals surface area contributed by atoms with Crippen LogP contribution in [0.1, 0.15) is 0 Å². The predicted molar refractivity (Wildman–Crippen MR) is 112 cm³/mol. The highest BCUT2D eigenvalue weighted by atomic mass is 16.5. The van der Waals surface area contributed by atoms with Crippen LogP contribution >= 0.6 is 0 Å². The Labute approximate surface area is 166 Å². The molecule has 0 radical (unpaired) electrons. The molecular formula is C21H28N4O3. The van der Waals surface area contributed by atoms with Crippen LogP contribution in [0.15, 0.2) is 48.5 Å². The van der Waals surface area contributed by atoms with E-state index in [1.165, 1.54) is 0 Å². The zero-order valence-electron chi connectivity index (χ0n) is 16.5. The molecule has 0 saturated carbocycles. The van der Waals surface area contributed by atoms with E-state index in [1.54, 1.807) is 14.2 Å². The number of nitrogens with one attached hydrogen (secondary N) is 2. The van der Waals surface area contributed by atoms with Gasteiger partial charge in [0.15, 0.2) is 0 Å². The van der Waals surface area contributed by atoms with Gasteiger partial charge in [0.25, 0.3) is 0 Å². The number of hydrogen-bond donors (Lipinski definition) is 2. The summed E-state index contributed by atoms with van der Waals surface area (Å²) >= 11 is 0. The molecule has 28 heavy (non-hydrogen) atoms. The van der Waals surface area contributed by atoms with E-state index in [0.717, 1.165) is 55.6 Å². The summed E-state index contributed by atoms with van der Waals surface area (Å²) in [5, 5.41) is 5.74. The number of hydrogen-bond acceptors (Lipinski definition) is 5. The van der Waals surface area contributed by atoms with Gasteiger partial charge in [0.05, 0.1) is 14.2 Å². The molecule has 1 aliphatic heterocycles. The summed E-state index contributed by atoms with van der Waals surface area (Å²) < 4.78 is 10.7. The average molecular weight is 384 g/mol. The standard InChI is InChI=1S/C21H28N4O3/c1-27-19-14-18(15-20(16-19)28-2)25-12-10-24(11-13-25)9-8-22-21(26)23-17-6-4-3-5-7-17/h3-7,14-16H,8-13H2,1-2H3,(H2,22,23,26). The van der Waals surface area contributed by atoms with Gasteiger partial charge in [-0.3, -0.25) is 4.90 Å². The van der Waals surface area contributed by atoms with E-state index in [9.17, 15) is 4.79 Å². The van der Waals surface area contributed by atoms with Crippen molar-refractivity contribution in [3.63, 3.8) is 0 Å². The van der Waals surface area contributed by atoms with Crippen LogP contribution in [-0.4, -0.2) is 64.4 Å². The molecule has 3 rings (SSSR count). The monoisotopic (exact) mass is 384 g/mol. The topological polar surface area (TPSA) is 66.1 Å². The molecule has 0 unspecified atom stereocenters. The van der Waals surface area contributed by atoms with E-state index in [1.807, 2.05) is 48.5 Å². The van der Waals surface area contributed by atoms with Crippen molar-refractivity contribution in [2.24, 2.45) is 0 Å². The molecule has 7 heteroatoms. The smallest absolute Gasteiger partial charge is 0.319 e. The second kappa shape index (κ2) is 9.85. The third-order valence-electron chi connectivity index (χ3n) is 4.82. The number of ether oxygens (including phenoxy) is 2.